The van der Waals surface area contributed by atoms with Crippen molar-refractivity contribution in [2.24, 2.45) is 5.73 Å². The van der Waals surface area contributed by atoms with Crippen molar-refractivity contribution >= 4 is 17.7 Å². The van der Waals surface area contributed by atoms with Crippen molar-refractivity contribution in [3.05, 3.63) is 29.8 Å². The van der Waals surface area contributed by atoms with Crippen LogP contribution in [-0.4, -0.2) is 48.2 Å². The van der Waals surface area contributed by atoms with E-state index < -0.39 is 5.97 Å². The molecule has 0 saturated carbocycles. The first-order valence-corrected chi connectivity index (χ1v) is 6.61. The highest BCUT2D eigenvalue weighted by atomic mass is 16.4. The zero-order valence-electron chi connectivity index (χ0n) is 11.5. The number of hydrogen-bond donors (Lipinski definition) is 2. The first-order chi connectivity index (χ1) is 9.50. The van der Waals surface area contributed by atoms with Gasteiger partial charge in [-0.05, 0) is 25.0 Å². The van der Waals surface area contributed by atoms with Crippen LogP contribution in [0.2, 0.25) is 0 Å². The monoisotopic (exact) mass is 277 g/mol. The molecule has 3 N–H and O–H groups in total. The molecule has 0 bridgehead atoms. The molecule has 2 rings (SSSR count). The van der Waals surface area contributed by atoms with Crippen LogP contribution in [0.5, 0.6) is 0 Å². The third-order valence-corrected chi connectivity index (χ3v) is 3.59. The molecule has 108 valence electrons. The number of benzene rings is 1. The van der Waals surface area contributed by atoms with Gasteiger partial charge in [-0.25, -0.2) is 9.59 Å². The summed E-state index contributed by atoms with van der Waals surface area (Å²) >= 11 is 0. The average Bonchev–Trinajstić information content (AvgIpc) is 2.46. The van der Waals surface area contributed by atoms with Crippen LogP contribution >= 0.6 is 0 Å². The molecule has 1 fully saturated rings. The summed E-state index contributed by atoms with van der Waals surface area (Å²) in [4.78, 5) is 26.7. The zero-order chi connectivity index (χ0) is 14.7. The SMILES string of the molecule is CN(C(=O)N1CCC(N)CC1)c1ccccc1C(=O)O. The number of carbonyl (C=O) groups is 2. The first-order valence-electron chi connectivity index (χ1n) is 6.61. The molecule has 20 heavy (non-hydrogen) atoms. The molecule has 6 nitrogen and oxygen atoms in total. The Hall–Kier alpha value is -2.08. The standard InChI is InChI=1S/C14H19N3O3/c1-16(12-5-3-2-4-11(12)13(18)19)14(20)17-8-6-10(15)7-9-17/h2-5,10H,6-9,15H2,1H3,(H,18,19). The molecule has 2 amide bonds. The van der Waals surface area contributed by atoms with Gasteiger partial charge in [0.05, 0.1) is 11.3 Å². The smallest absolute Gasteiger partial charge is 0.337 e. The minimum absolute atomic E-state index is 0.122. The molecule has 0 spiro atoms. The normalized spacial score (nSPS) is 16.0. The van der Waals surface area contributed by atoms with Gasteiger partial charge in [-0.15, -0.1) is 0 Å². The van der Waals surface area contributed by atoms with Crippen LogP contribution in [0.25, 0.3) is 0 Å². The van der Waals surface area contributed by atoms with Crippen molar-refractivity contribution in [2.45, 2.75) is 18.9 Å². The first kappa shape index (κ1) is 14.3. The Morgan fingerprint density at radius 1 is 1.30 bits per heavy atom. The third-order valence-electron chi connectivity index (χ3n) is 3.59. The van der Waals surface area contributed by atoms with Crippen LogP contribution in [0.3, 0.4) is 0 Å². The van der Waals surface area contributed by atoms with Crippen LogP contribution in [0.1, 0.15) is 23.2 Å². The average molecular weight is 277 g/mol. The Labute approximate surface area is 117 Å². The van der Waals surface area contributed by atoms with Crippen LogP contribution < -0.4 is 10.6 Å². The predicted molar refractivity (Wildman–Crippen MR) is 76.0 cm³/mol. The minimum atomic E-state index is -1.04. The molecule has 0 atom stereocenters. The summed E-state index contributed by atoms with van der Waals surface area (Å²) in [6.07, 6.45) is 1.56. The summed E-state index contributed by atoms with van der Waals surface area (Å²) in [5, 5.41) is 9.17. The summed E-state index contributed by atoms with van der Waals surface area (Å²) in [5.41, 5.74) is 6.34. The van der Waals surface area contributed by atoms with E-state index >= 15 is 0 Å². The molecule has 0 unspecified atom stereocenters. The number of para-hydroxylation sites is 1. The highest BCUT2D eigenvalue weighted by Crippen LogP contribution is 2.21. The quantitative estimate of drug-likeness (QED) is 0.854. The molecule has 1 aromatic carbocycles. The molecule has 1 aliphatic rings. The van der Waals surface area contributed by atoms with E-state index in [2.05, 4.69) is 0 Å². The topological polar surface area (TPSA) is 86.9 Å². The van der Waals surface area contributed by atoms with E-state index in [0.717, 1.165) is 12.8 Å². The van der Waals surface area contributed by atoms with Gasteiger partial charge in [-0.2, -0.15) is 0 Å². The summed E-state index contributed by atoms with van der Waals surface area (Å²) < 4.78 is 0. The van der Waals surface area contributed by atoms with Gasteiger partial charge in [-0.1, -0.05) is 12.1 Å². The van der Waals surface area contributed by atoms with Crippen molar-refractivity contribution in [3.8, 4) is 0 Å². The molecular weight excluding hydrogens is 258 g/mol. The van der Waals surface area contributed by atoms with Crippen LogP contribution in [0.15, 0.2) is 24.3 Å². The van der Waals surface area contributed by atoms with Gasteiger partial charge in [0.15, 0.2) is 0 Å². The second-order valence-corrected chi connectivity index (χ2v) is 4.99. The Balaban J connectivity index is 2.17. The summed E-state index contributed by atoms with van der Waals surface area (Å²) in [6.45, 7) is 1.22. The number of piperidine rings is 1. The van der Waals surface area contributed by atoms with Crippen LogP contribution in [0, 0.1) is 0 Å². The number of nitrogens with zero attached hydrogens (tertiary/aromatic N) is 2. The largest absolute Gasteiger partial charge is 0.478 e. The number of likely N-dealkylation sites (tertiary alicyclic amines) is 1. The zero-order valence-corrected chi connectivity index (χ0v) is 11.5. The number of nitrogens with two attached hydrogens (primary N) is 1. The van der Waals surface area contributed by atoms with Crippen LogP contribution in [-0.2, 0) is 0 Å². The van der Waals surface area contributed by atoms with E-state index in [9.17, 15) is 14.7 Å². The van der Waals surface area contributed by atoms with Gasteiger partial charge < -0.3 is 15.7 Å². The van der Waals surface area contributed by atoms with Crippen molar-refractivity contribution in [3.63, 3.8) is 0 Å². The lowest BCUT2D eigenvalue weighted by molar-refractivity contribution is 0.0697. The number of aromatic carboxylic acids is 1. The molecule has 0 radical (unpaired) electrons. The van der Waals surface area contributed by atoms with Gasteiger partial charge in [0.2, 0.25) is 0 Å². The molecular formula is C14H19N3O3. The van der Waals surface area contributed by atoms with Gasteiger partial charge in [0.1, 0.15) is 0 Å². The lowest BCUT2D eigenvalue weighted by Crippen LogP contribution is -2.48. The number of carboxylic acids is 1. The number of carboxylic acid groups (broad SMARTS) is 1. The van der Waals surface area contributed by atoms with Crippen molar-refractivity contribution < 1.29 is 14.7 Å². The minimum Gasteiger partial charge on any atom is -0.478 e. The van der Waals surface area contributed by atoms with E-state index in [1.807, 2.05) is 0 Å². The highest BCUT2D eigenvalue weighted by molar-refractivity contribution is 6.01. The Kier molecular flexibility index (Phi) is 4.24. The van der Waals surface area contributed by atoms with Crippen molar-refractivity contribution in [2.75, 3.05) is 25.0 Å². The van der Waals surface area contributed by atoms with Gasteiger partial charge >= 0.3 is 12.0 Å². The maximum Gasteiger partial charge on any atom is 0.337 e. The number of hydrogen-bond acceptors (Lipinski definition) is 3. The summed E-state index contributed by atoms with van der Waals surface area (Å²) in [5.74, 6) is -1.04. The fraction of sp³-hybridized carbons (Fsp3) is 0.429. The Morgan fingerprint density at radius 2 is 1.90 bits per heavy atom. The summed E-state index contributed by atoms with van der Waals surface area (Å²) in [7, 11) is 1.60. The number of anilines is 1. The lowest BCUT2D eigenvalue weighted by Gasteiger charge is -2.33. The fourth-order valence-corrected chi connectivity index (χ4v) is 2.35. The number of carbonyl (C=O) groups excluding carboxylic acids is 1. The molecule has 1 aromatic rings. The second kappa shape index (κ2) is 5.92. The molecule has 0 aromatic heterocycles. The van der Waals surface area contributed by atoms with Gasteiger partial charge in [-0.3, -0.25) is 4.90 Å². The van der Waals surface area contributed by atoms with E-state index in [1.165, 1.54) is 11.0 Å². The molecule has 0 aliphatic carbocycles. The van der Waals surface area contributed by atoms with E-state index in [0.29, 0.717) is 18.8 Å². The maximum atomic E-state index is 12.4. The lowest BCUT2D eigenvalue weighted by atomic mass is 10.1. The van der Waals surface area contributed by atoms with Crippen LogP contribution in [0.4, 0.5) is 10.5 Å². The molecule has 6 heteroatoms. The fourth-order valence-electron chi connectivity index (χ4n) is 2.35. The number of amides is 2. The van der Waals surface area contributed by atoms with Crippen molar-refractivity contribution in [1.29, 1.82) is 0 Å². The third kappa shape index (κ3) is 2.91. The van der Waals surface area contributed by atoms with E-state index in [-0.39, 0.29) is 17.6 Å². The highest BCUT2D eigenvalue weighted by Gasteiger charge is 2.25. The van der Waals surface area contributed by atoms with Gasteiger partial charge in [0.25, 0.3) is 0 Å². The summed E-state index contributed by atoms with van der Waals surface area (Å²) in [6, 6.07) is 6.45. The predicted octanol–water partition coefficient (Wildman–Crippen LogP) is 1.36. The number of rotatable bonds is 2. The Bertz CT molecular complexity index is 510. The molecule has 1 saturated heterocycles. The van der Waals surface area contributed by atoms with E-state index in [1.54, 1.807) is 30.1 Å². The molecule has 1 heterocycles. The molecule has 1 aliphatic heterocycles. The van der Waals surface area contributed by atoms with Gasteiger partial charge in [0, 0.05) is 26.2 Å². The van der Waals surface area contributed by atoms with Crippen molar-refractivity contribution in [1.82, 2.24) is 4.90 Å². The second-order valence-electron chi connectivity index (χ2n) is 4.99. The Morgan fingerprint density at radius 3 is 2.50 bits per heavy atom. The van der Waals surface area contributed by atoms with E-state index in [4.69, 9.17) is 5.73 Å². The number of urea groups is 1. The maximum absolute atomic E-state index is 12.4.